The van der Waals surface area contributed by atoms with Crippen LogP contribution in [0.15, 0.2) is 30.3 Å². The third-order valence-corrected chi connectivity index (χ3v) is 2.54. The van der Waals surface area contributed by atoms with Crippen LogP contribution in [-0.2, 0) is 0 Å². The fourth-order valence-corrected chi connectivity index (χ4v) is 1.59. The van der Waals surface area contributed by atoms with E-state index in [1.807, 2.05) is 6.07 Å². The van der Waals surface area contributed by atoms with Crippen LogP contribution in [0.5, 0.6) is 0 Å². The number of nitrogens with zero attached hydrogens (tertiary/aromatic N) is 1. The second-order valence-corrected chi connectivity index (χ2v) is 3.92. The van der Waals surface area contributed by atoms with Crippen LogP contribution < -0.4 is 5.73 Å². The molecule has 4 nitrogen and oxygen atoms in total. The van der Waals surface area contributed by atoms with Crippen molar-refractivity contribution >= 4 is 11.9 Å². The summed E-state index contributed by atoms with van der Waals surface area (Å²) in [5, 5.41) is 7.45. The standard InChI is InChI=1S/C13H19N3O/c1-2-3-7-10-16(13(14)15)12(17)11-8-5-4-6-9-11/h4-6,8-9H,2-3,7,10H2,1H3,(H3,14,15). The van der Waals surface area contributed by atoms with Crippen LogP contribution in [-0.4, -0.2) is 23.3 Å². The summed E-state index contributed by atoms with van der Waals surface area (Å²) in [5.74, 6) is -0.385. The van der Waals surface area contributed by atoms with Gasteiger partial charge in [-0.05, 0) is 18.6 Å². The van der Waals surface area contributed by atoms with Crippen LogP contribution in [0.25, 0.3) is 0 Å². The molecule has 3 N–H and O–H groups in total. The number of carbonyl (C=O) groups excluding carboxylic acids is 1. The Morgan fingerprint density at radius 1 is 1.29 bits per heavy atom. The minimum Gasteiger partial charge on any atom is -0.370 e. The fraction of sp³-hybridized carbons (Fsp3) is 0.385. The molecular weight excluding hydrogens is 214 g/mol. The highest BCUT2D eigenvalue weighted by molar-refractivity contribution is 6.04. The predicted octanol–water partition coefficient (Wildman–Crippen LogP) is 2.21. The van der Waals surface area contributed by atoms with Crippen molar-refractivity contribution in [1.82, 2.24) is 4.90 Å². The average Bonchev–Trinajstić information content (AvgIpc) is 2.34. The maximum Gasteiger partial charge on any atom is 0.260 e. The first kappa shape index (κ1) is 13.2. The van der Waals surface area contributed by atoms with Crippen LogP contribution in [0.1, 0.15) is 36.5 Å². The number of nitrogens with two attached hydrogens (primary N) is 1. The van der Waals surface area contributed by atoms with Gasteiger partial charge in [-0.15, -0.1) is 0 Å². The number of guanidine groups is 1. The summed E-state index contributed by atoms with van der Waals surface area (Å²) >= 11 is 0. The van der Waals surface area contributed by atoms with Crippen molar-refractivity contribution in [2.45, 2.75) is 26.2 Å². The zero-order valence-electron chi connectivity index (χ0n) is 10.1. The van der Waals surface area contributed by atoms with E-state index in [9.17, 15) is 4.79 Å². The second kappa shape index (κ2) is 6.68. The van der Waals surface area contributed by atoms with Gasteiger partial charge in [-0.1, -0.05) is 38.0 Å². The highest BCUT2D eigenvalue weighted by atomic mass is 16.2. The molecule has 4 heteroatoms. The summed E-state index contributed by atoms with van der Waals surface area (Å²) in [6, 6.07) is 8.93. The van der Waals surface area contributed by atoms with Crippen molar-refractivity contribution in [1.29, 1.82) is 5.41 Å². The summed E-state index contributed by atoms with van der Waals surface area (Å²) in [6.45, 7) is 2.61. The number of unbranched alkanes of at least 4 members (excludes halogenated alkanes) is 2. The lowest BCUT2D eigenvalue weighted by Crippen LogP contribution is -2.41. The molecule has 0 aromatic heterocycles. The van der Waals surface area contributed by atoms with Gasteiger partial charge in [0.25, 0.3) is 5.91 Å². The van der Waals surface area contributed by atoms with Crippen molar-refractivity contribution in [2.24, 2.45) is 5.73 Å². The maximum absolute atomic E-state index is 12.1. The Morgan fingerprint density at radius 2 is 1.94 bits per heavy atom. The Hall–Kier alpha value is -1.84. The van der Waals surface area contributed by atoms with Crippen LogP contribution in [0.2, 0.25) is 0 Å². The van der Waals surface area contributed by atoms with Crippen LogP contribution >= 0.6 is 0 Å². The lowest BCUT2D eigenvalue weighted by Gasteiger charge is -2.20. The number of hydrogen-bond acceptors (Lipinski definition) is 2. The predicted molar refractivity (Wildman–Crippen MR) is 68.9 cm³/mol. The van der Waals surface area contributed by atoms with Gasteiger partial charge in [-0.3, -0.25) is 15.1 Å². The highest BCUT2D eigenvalue weighted by Crippen LogP contribution is 2.06. The van der Waals surface area contributed by atoms with Gasteiger partial charge < -0.3 is 5.73 Å². The third kappa shape index (κ3) is 3.90. The van der Waals surface area contributed by atoms with E-state index in [-0.39, 0.29) is 11.9 Å². The maximum atomic E-state index is 12.1. The summed E-state index contributed by atoms with van der Waals surface area (Å²) < 4.78 is 0. The van der Waals surface area contributed by atoms with Crippen molar-refractivity contribution in [3.63, 3.8) is 0 Å². The molecular formula is C13H19N3O. The molecule has 0 saturated carbocycles. The Balaban J connectivity index is 2.71. The zero-order valence-corrected chi connectivity index (χ0v) is 10.1. The molecule has 0 fully saturated rings. The molecule has 0 bridgehead atoms. The molecule has 0 atom stereocenters. The summed E-state index contributed by atoms with van der Waals surface area (Å²) in [6.07, 6.45) is 2.98. The van der Waals surface area contributed by atoms with E-state index in [1.165, 1.54) is 4.90 Å². The first-order valence-electron chi connectivity index (χ1n) is 5.87. The Morgan fingerprint density at radius 3 is 2.47 bits per heavy atom. The van der Waals surface area contributed by atoms with Gasteiger partial charge >= 0.3 is 0 Å². The Labute approximate surface area is 102 Å². The molecule has 0 spiro atoms. The van der Waals surface area contributed by atoms with E-state index in [0.717, 1.165) is 19.3 Å². The summed E-state index contributed by atoms with van der Waals surface area (Å²) in [4.78, 5) is 13.4. The molecule has 0 unspecified atom stereocenters. The van der Waals surface area contributed by atoms with Gasteiger partial charge in [0.15, 0.2) is 5.96 Å². The van der Waals surface area contributed by atoms with Crippen LogP contribution in [0.3, 0.4) is 0 Å². The molecule has 0 heterocycles. The first-order chi connectivity index (χ1) is 8.16. The molecule has 1 amide bonds. The van der Waals surface area contributed by atoms with E-state index in [2.05, 4.69) is 6.92 Å². The van der Waals surface area contributed by atoms with Crippen LogP contribution in [0, 0.1) is 5.41 Å². The van der Waals surface area contributed by atoms with Gasteiger partial charge in [0.2, 0.25) is 0 Å². The van der Waals surface area contributed by atoms with E-state index in [1.54, 1.807) is 24.3 Å². The average molecular weight is 233 g/mol. The number of hydrogen-bond donors (Lipinski definition) is 2. The molecule has 1 aromatic carbocycles. The number of rotatable bonds is 5. The van der Waals surface area contributed by atoms with E-state index >= 15 is 0 Å². The van der Waals surface area contributed by atoms with E-state index < -0.39 is 0 Å². The third-order valence-electron chi connectivity index (χ3n) is 2.54. The normalized spacial score (nSPS) is 9.94. The monoisotopic (exact) mass is 233 g/mol. The molecule has 0 saturated heterocycles. The smallest absolute Gasteiger partial charge is 0.260 e. The molecule has 92 valence electrons. The lowest BCUT2D eigenvalue weighted by molar-refractivity contribution is 0.0843. The lowest BCUT2D eigenvalue weighted by atomic mass is 10.2. The SMILES string of the molecule is CCCCCN(C(=N)N)C(=O)c1ccccc1. The molecule has 17 heavy (non-hydrogen) atoms. The van der Waals surface area contributed by atoms with Gasteiger partial charge in [0.1, 0.15) is 0 Å². The Kier molecular flexibility index (Phi) is 5.20. The minimum absolute atomic E-state index is 0.185. The molecule has 0 aliphatic heterocycles. The zero-order chi connectivity index (χ0) is 12.7. The largest absolute Gasteiger partial charge is 0.370 e. The fourth-order valence-electron chi connectivity index (χ4n) is 1.59. The van der Waals surface area contributed by atoms with Gasteiger partial charge in [-0.2, -0.15) is 0 Å². The molecule has 1 rings (SSSR count). The van der Waals surface area contributed by atoms with Gasteiger partial charge in [-0.25, -0.2) is 0 Å². The molecule has 0 radical (unpaired) electrons. The Bertz CT molecular complexity index is 376. The van der Waals surface area contributed by atoms with Crippen molar-refractivity contribution < 1.29 is 4.79 Å². The molecule has 1 aromatic rings. The molecule has 0 aliphatic carbocycles. The topological polar surface area (TPSA) is 70.2 Å². The number of carbonyl (C=O) groups is 1. The van der Waals surface area contributed by atoms with Crippen LogP contribution in [0.4, 0.5) is 0 Å². The minimum atomic E-state index is -0.200. The highest BCUT2D eigenvalue weighted by Gasteiger charge is 2.17. The van der Waals surface area contributed by atoms with Gasteiger partial charge in [0, 0.05) is 12.1 Å². The number of nitrogens with one attached hydrogen (secondary N) is 1. The summed E-state index contributed by atoms with van der Waals surface area (Å²) in [5.41, 5.74) is 6.01. The van der Waals surface area contributed by atoms with Crippen molar-refractivity contribution in [3.05, 3.63) is 35.9 Å². The molecule has 0 aliphatic rings. The van der Waals surface area contributed by atoms with Gasteiger partial charge in [0.05, 0.1) is 0 Å². The van der Waals surface area contributed by atoms with Crippen molar-refractivity contribution in [3.8, 4) is 0 Å². The quantitative estimate of drug-likeness (QED) is 0.465. The summed E-state index contributed by atoms with van der Waals surface area (Å²) in [7, 11) is 0. The first-order valence-corrected chi connectivity index (χ1v) is 5.87. The van der Waals surface area contributed by atoms with Crippen molar-refractivity contribution in [2.75, 3.05) is 6.54 Å². The van der Waals surface area contributed by atoms with E-state index in [4.69, 9.17) is 11.1 Å². The number of amides is 1. The number of benzene rings is 1. The second-order valence-electron chi connectivity index (χ2n) is 3.92. The van der Waals surface area contributed by atoms with E-state index in [0.29, 0.717) is 12.1 Å².